The van der Waals surface area contributed by atoms with Crippen LogP contribution in [0.1, 0.15) is 0 Å². The maximum Gasteiger partial charge on any atom is 0.0352 e. The van der Waals surface area contributed by atoms with Crippen LogP contribution in [0.2, 0.25) is 0 Å². The van der Waals surface area contributed by atoms with Crippen LogP contribution < -0.4 is 0 Å². The lowest BCUT2D eigenvalue weighted by Crippen LogP contribution is -1.84. The minimum atomic E-state index is 1.16. The second kappa shape index (κ2) is 9.12. The molecule has 37 heavy (non-hydrogen) atoms. The summed E-state index contributed by atoms with van der Waals surface area (Å²) < 4.78 is 0. The van der Waals surface area contributed by atoms with E-state index in [4.69, 9.17) is 0 Å². The zero-order chi connectivity index (χ0) is 24.6. The SMILES string of the molecule is c1ccc2c(-c3ccc(-c4ccc(-c5ccc(-c6cncc7ccccc67)cc5)s4)cc3)cncc2c1. The molecule has 0 saturated carbocycles. The average Bonchev–Trinajstić information content (AvgIpc) is 3.47. The topological polar surface area (TPSA) is 25.8 Å². The predicted molar refractivity (Wildman–Crippen MR) is 157 cm³/mol. The van der Waals surface area contributed by atoms with E-state index in [2.05, 4.69) is 119 Å². The highest BCUT2D eigenvalue weighted by atomic mass is 32.1. The predicted octanol–water partition coefficient (Wildman–Crippen LogP) is 9.51. The van der Waals surface area contributed by atoms with E-state index in [1.165, 1.54) is 42.8 Å². The van der Waals surface area contributed by atoms with Gasteiger partial charge in [-0.25, -0.2) is 0 Å². The monoisotopic (exact) mass is 490 g/mol. The van der Waals surface area contributed by atoms with Gasteiger partial charge in [-0.15, -0.1) is 11.3 Å². The molecule has 0 amide bonds. The van der Waals surface area contributed by atoms with E-state index < -0.39 is 0 Å². The fourth-order valence-electron chi connectivity index (χ4n) is 4.97. The van der Waals surface area contributed by atoms with Gasteiger partial charge in [-0.1, -0.05) is 97.1 Å². The number of hydrogen-bond acceptors (Lipinski definition) is 3. The summed E-state index contributed by atoms with van der Waals surface area (Å²) >= 11 is 1.82. The number of benzene rings is 4. The lowest BCUT2D eigenvalue weighted by atomic mass is 9.99. The Balaban J connectivity index is 1.16. The Labute approximate surface area is 219 Å². The lowest BCUT2D eigenvalue weighted by Gasteiger charge is -2.07. The molecule has 7 rings (SSSR count). The molecule has 0 unspecified atom stereocenters. The molecule has 4 aromatic carbocycles. The minimum absolute atomic E-state index is 1.16. The summed E-state index contributed by atoms with van der Waals surface area (Å²) in [4.78, 5) is 11.4. The van der Waals surface area contributed by atoms with Gasteiger partial charge in [0, 0.05) is 56.4 Å². The second-order valence-electron chi connectivity index (χ2n) is 9.13. The van der Waals surface area contributed by atoms with Crippen molar-refractivity contribution in [3.8, 4) is 43.1 Å². The Hall–Kier alpha value is -4.60. The summed E-state index contributed by atoms with van der Waals surface area (Å²) in [6.45, 7) is 0. The van der Waals surface area contributed by atoms with Crippen molar-refractivity contribution in [1.29, 1.82) is 0 Å². The minimum Gasteiger partial charge on any atom is -0.263 e. The molecule has 0 fully saturated rings. The number of hydrogen-bond donors (Lipinski definition) is 0. The maximum absolute atomic E-state index is 4.45. The maximum atomic E-state index is 4.45. The Bertz CT molecular complexity index is 1720. The summed E-state index contributed by atoms with van der Waals surface area (Å²) in [5, 5.41) is 4.78. The number of fused-ring (bicyclic) bond motifs is 2. The number of nitrogens with zero attached hydrogens (tertiary/aromatic N) is 2. The van der Waals surface area contributed by atoms with Crippen LogP contribution in [0.15, 0.2) is 134 Å². The van der Waals surface area contributed by atoms with Gasteiger partial charge in [-0.05, 0) is 45.2 Å². The van der Waals surface area contributed by atoms with Crippen molar-refractivity contribution in [3.63, 3.8) is 0 Å². The quantitative estimate of drug-likeness (QED) is 0.245. The van der Waals surface area contributed by atoms with Crippen LogP contribution in [0, 0.1) is 0 Å². The number of pyridine rings is 2. The van der Waals surface area contributed by atoms with Crippen molar-refractivity contribution < 1.29 is 0 Å². The number of thiophene rings is 1. The molecular weight excluding hydrogens is 468 g/mol. The van der Waals surface area contributed by atoms with E-state index in [-0.39, 0.29) is 0 Å². The molecule has 0 radical (unpaired) electrons. The van der Waals surface area contributed by atoms with Gasteiger partial charge in [0.05, 0.1) is 0 Å². The standard InChI is InChI=1S/C34H22N2S/c1-3-7-29-27(5-1)19-35-21-31(29)23-9-13-25(14-10-23)33-17-18-34(37-33)26-15-11-24(12-16-26)32-22-36-20-28-6-2-4-8-30(28)32/h1-22H. The molecule has 2 nitrogen and oxygen atoms in total. The van der Waals surface area contributed by atoms with Crippen LogP contribution in [0.3, 0.4) is 0 Å². The normalized spacial score (nSPS) is 11.2. The molecule has 0 aliphatic heterocycles. The first-order chi connectivity index (χ1) is 18.3. The summed E-state index contributed by atoms with van der Waals surface area (Å²) in [6.07, 6.45) is 7.76. The van der Waals surface area contributed by atoms with Crippen LogP contribution in [0.25, 0.3) is 64.7 Å². The van der Waals surface area contributed by atoms with Gasteiger partial charge in [0.25, 0.3) is 0 Å². The first-order valence-electron chi connectivity index (χ1n) is 12.3. The van der Waals surface area contributed by atoms with E-state index in [9.17, 15) is 0 Å². The Morgan fingerprint density at radius 3 is 1.24 bits per heavy atom. The fourth-order valence-corrected chi connectivity index (χ4v) is 5.99. The van der Waals surface area contributed by atoms with E-state index in [1.54, 1.807) is 0 Å². The summed E-state index contributed by atoms with van der Waals surface area (Å²) in [5.41, 5.74) is 7.15. The summed E-state index contributed by atoms with van der Waals surface area (Å²) in [7, 11) is 0. The van der Waals surface area contributed by atoms with Crippen molar-refractivity contribution in [2.24, 2.45) is 0 Å². The van der Waals surface area contributed by atoms with Gasteiger partial charge in [-0.2, -0.15) is 0 Å². The third kappa shape index (κ3) is 4.00. The molecule has 0 aliphatic rings. The van der Waals surface area contributed by atoms with Crippen LogP contribution in [-0.4, -0.2) is 9.97 Å². The highest BCUT2D eigenvalue weighted by Gasteiger charge is 2.09. The second-order valence-corrected chi connectivity index (χ2v) is 10.2. The molecule has 3 heterocycles. The molecule has 0 atom stereocenters. The Morgan fingerprint density at radius 1 is 0.378 bits per heavy atom. The lowest BCUT2D eigenvalue weighted by molar-refractivity contribution is 1.36. The van der Waals surface area contributed by atoms with E-state index >= 15 is 0 Å². The van der Waals surface area contributed by atoms with Gasteiger partial charge < -0.3 is 0 Å². The van der Waals surface area contributed by atoms with Crippen molar-refractivity contribution >= 4 is 32.9 Å². The number of rotatable bonds is 4. The molecular formula is C34H22N2S. The molecule has 0 N–H and O–H groups in total. The Kier molecular flexibility index (Phi) is 5.34. The Morgan fingerprint density at radius 2 is 0.784 bits per heavy atom. The smallest absolute Gasteiger partial charge is 0.0352 e. The van der Waals surface area contributed by atoms with E-state index in [0.29, 0.717) is 0 Å². The zero-order valence-corrected chi connectivity index (χ0v) is 20.8. The number of aromatic nitrogens is 2. The zero-order valence-electron chi connectivity index (χ0n) is 20.0. The molecule has 0 spiro atoms. The van der Waals surface area contributed by atoms with Gasteiger partial charge >= 0.3 is 0 Å². The van der Waals surface area contributed by atoms with Crippen LogP contribution in [-0.2, 0) is 0 Å². The van der Waals surface area contributed by atoms with E-state index in [1.807, 2.05) is 36.1 Å². The van der Waals surface area contributed by atoms with Crippen LogP contribution in [0.4, 0.5) is 0 Å². The average molecular weight is 491 g/mol. The van der Waals surface area contributed by atoms with Crippen molar-refractivity contribution in [1.82, 2.24) is 9.97 Å². The first kappa shape index (κ1) is 21.7. The van der Waals surface area contributed by atoms with Gasteiger partial charge in [-0.3, -0.25) is 9.97 Å². The van der Waals surface area contributed by atoms with Gasteiger partial charge in [0.1, 0.15) is 0 Å². The molecule has 0 saturated heterocycles. The third-order valence-electron chi connectivity index (χ3n) is 6.90. The first-order valence-corrected chi connectivity index (χ1v) is 13.1. The highest BCUT2D eigenvalue weighted by Crippen LogP contribution is 2.37. The molecule has 0 aliphatic carbocycles. The van der Waals surface area contributed by atoms with Crippen molar-refractivity contribution in [2.45, 2.75) is 0 Å². The fraction of sp³-hybridized carbons (Fsp3) is 0. The summed E-state index contributed by atoms with van der Waals surface area (Å²) in [6, 6.07) is 38.9. The molecule has 174 valence electrons. The summed E-state index contributed by atoms with van der Waals surface area (Å²) in [5.74, 6) is 0. The molecule has 0 bridgehead atoms. The molecule has 3 aromatic heterocycles. The molecule has 7 aromatic rings. The van der Waals surface area contributed by atoms with Crippen molar-refractivity contribution in [3.05, 3.63) is 134 Å². The molecule has 3 heteroatoms. The largest absolute Gasteiger partial charge is 0.263 e. The van der Waals surface area contributed by atoms with Gasteiger partial charge in [0.2, 0.25) is 0 Å². The van der Waals surface area contributed by atoms with Gasteiger partial charge in [0.15, 0.2) is 0 Å². The van der Waals surface area contributed by atoms with Crippen molar-refractivity contribution in [2.75, 3.05) is 0 Å². The van der Waals surface area contributed by atoms with E-state index in [0.717, 1.165) is 21.9 Å². The van der Waals surface area contributed by atoms with Crippen LogP contribution in [0.5, 0.6) is 0 Å². The van der Waals surface area contributed by atoms with Crippen LogP contribution >= 0.6 is 11.3 Å². The highest BCUT2D eigenvalue weighted by molar-refractivity contribution is 7.18. The third-order valence-corrected chi connectivity index (χ3v) is 8.09.